The molecule has 0 saturated heterocycles. The summed E-state index contributed by atoms with van der Waals surface area (Å²) in [7, 11) is 0. The van der Waals surface area contributed by atoms with Gasteiger partial charge in [0.25, 0.3) is 0 Å². The summed E-state index contributed by atoms with van der Waals surface area (Å²) in [5, 5.41) is 0. The van der Waals surface area contributed by atoms with Gasteiger partial charge in [0.05, 0.1) is 5.56 Å². The van der Waals surface area contributed by atoms with E-state index in [9.17, 15) is 18.0 Å². The van der Waals surface area contributed by atoms with Gasteiger partial charge in [-0.3, -0.25) is 4.79 Å². The van der Waals surface area contributed by atoms with Gasteiger partial charge in [0.15, 0.2) is 5.78 Å². The highest BCUT2D eigenvalue weighted by Gasteiger charge is 2.30. The number of hydrogen-bond donors (Lipinski definition) is 0. The quantitative estimate of drug-likeness (QED) is 0.350. The first-order valence-electron chi connectivity index (χ1n) is 7.58. The number of rotatable bonds is 4. The molecule has 0 unspecified atom stereocenters. The minimum Gasteiger partial charge on any atom is -0.457 e. The molecule has 1 aromatic heterocycles. The Hall–Kier alpha value is -2.60. The molecule has 3 rings (SSSR count). The number of hydrogen-bond acceptors (Lipinski definition) is 2. The SMILES string of the molecule is O=C(/C=C/c1ccc(-c2cccc(C(F)(F)F)c2)o1)c1ccc(Br)cc1. The van der Waals surface area contributed by atoms with E-state index in [-0.39, 0.29) is 5.78 Å². The molecule has 0 radical (unpaired) electrons. The number of furan rings is 1. The third-order valence-corrected chi connectivity index (χ3v) is 4.16. The zero-order chi connectivity index (χ0) is 18.7. The van der Waals surface area contributed by atoms with E-state index in [2.05, 4.69) is 15.9 Å². The Kier molecular flexibility index (Phi) is 5.13. The van der Waals surface area contributed by atoms with Crippen LogP contribution in [0.25, 0.3) is 17.4 Å². The molecule has 2 aromatic carbocycles. The van der Waals surface area contributed by atoms with Gasteiger partial charge in [-0.25, -0.2) is 0 Å². The van der Waals surface area contributed by atoms with Gasteiger partial charge in [-0.1, -0.05) is 28.1 Å². The van der Waals surface area contributed by atoms with Crippen LogP contribution in [0.4, 0.5) is 13.2 Å². The number of ketones is 1. The van der Waals surface area contributed by atoms with Gasteiger partial charge in [-0.05, 0) is 60.7 Å². The number of carbonyl (C=O) groups is 1. The first-order chi connectivity index (χ1) is 12.3. The Morgan fingerprint density at radius 1 is 1.00 bits per heavy atom. The van der Waals surface area contributed by atoms with Gasteiger partial charge in [0, 0.05) is 15.6 Å². The lowest BCUT2D eigenvalue weighted by Gasteiger charge is -2.07. The van der Waals surface area contributed by atoms with E-state index in [0.29, 0.717) is 22.6 Å². The zero-order valence-electron chi connectivity index (χ0n) is 13.3. The highest BCUT2D eigenvalue weighted by atomic mass is 79.9. The Morgan fingerprint density at radius 3 is 2.42 bits per heavy atom. The van der Waals surface area contributed by atoms with E-state index in [1.54, 1.807) is 36.4 Å². The summed E-state index contributed by atoms with van der Waals surface area (Å²) in [6.45, 7) is 0. The highest BCUT2D eigenvalue weighted by Crippen LogP contribution is 2.32. The van der Waals surface area contributed by atoms with Crippen LogP contribution in [0.1, 0.15) is 21.7 Å². The molecule has 0 saturated carbocycles. The highest BCUT2D eigenvalue weighted by molar-refractivity contribution is 9.10. The van der Waals surface area contributed by atoms with Gasteiger partial charge in [0.1, 0.15) is 11.5 Å². The van der Waals surface area contributed by atoms with Crippen molar-refractivity contribution in [2.75, 3.05) is 0 Å². The summed E-state index contributed by atoms with van der Waals surface area (Å²) >= 11 is 3.30. The van der Waals surface area contributed by atoms with Crippen molar-refractivity contribution in [2.45, 2.75) is 6.18 Å². The maximum absolute atomic E-state index is 12.8. The molecule has 0 amide bonds. The van der Waals surface area contributed by atoms with Gasteiger partial charge < -0.3 is 4.42 Å². The molecule has 132 valence electrons. The van der Waals surface area contributed by atoms with E-state index in [4.69, 9.17) is 4.42 Å². The van der Waals surface area contributed by atoms with Crippen molar-refractivity contribution in [1.29, 1.82) is 0 Å². The molecular weight excluding hydrogens is 409 g/mol. The third kappa shape index (κ3) is 4.32. The van der Waals surface area contributed by atoms with Gasteiger partial charge >= 0.3 is 6.18 Å². The largest absolute Gasteiger partial charge is 0.457 e. The van der Waals surface area contributed by atoms with Crippen LogP contribution in [0.2, 0.25) is 0 Å². The Bertz CT molecular complexity index is 954. The molecule has 0 aliphatic rings. The van der Waals surface area contributed by atoms with E-state index in [0.717, 1.165) is 16.6 Å². The average molecular weight is 421 g/mol. The van der Waals surface area contributed by atoms with E-state index in [1.165, 1.54) is 24.3 Å². The summed E-state index contributed by atoms with van der Waals surface area (Å²) in [6.07, 6.45) is -1.57. The van der Waals surface area contributed by atoms with Crippen LogP contribution in [0.3, 0.4) is 0 Å². The number of halogens is 4. The average Bonchev–Trinajstić information content (AvgIpc) is 3.09. The zero-order valence-corrected chi connectivity index (χ0v) is 14.8. The second kappa shape index (κ2) is 7.33. The van der Waals surface area contributed by atoms with Crippen molar-refractivity contribution in [3.05, 3.63) is 88.1 Å². The van der Waals surface area contributed by atoms with Gasteiger partial charge in [-0.2, -0.15) is 13.2 Å². The third-order valence-electron chi connectivity index (χ3n) is 3.63. The van der Waals surface area contributed by atoms with Crippen LogP contribution in [-0.4, -0.2) is 5.78 Å². The predicted molar refractivity (Wildman–Crippen MR) is 96.7 cm³/mol. The van der Waals surface area contributed by atoms with E-state index < -0.39 is 11.7 Å². The van der Waals surface area contributed by atoms with Crippen LogP contribution in [0.5, 0.6) is 0 Å². The summed E-state index contributed by atoms with van der Waals surface area (Å²) in [6, 6.07) is 15.0. The Labute approximate surface area is 156 Å². The molecule has 1 heterocycles. The van der Waals surface area contributed by atoms with Crippen molar-refractivity contribution >= 4 is 27.8 Å². The second-order valence-electron chi connectivity index (χ2n) is 5.49. The molecule has 3 aromatic rings. The topological polar surface area (TPSA) is 30.2 Å². The van der Waals surface area contributed by atoms with Crippen LogP contribution in [0, 0.1) is 0 Å². The molecule has 6 heteroatoms. The number of benzene rings is 2. The van der Waals surface area contributed by atoms with Crippen LogP contribution in [0.15, 0.2) is 75.6 Å². The van der Waals surface area contributed by atoms with Crippen molar-refractivity contribution in [3.8, 4) is 11.3 Å². The van der Waals surface area contributed by atoms with Crippen LogP contribution >= 0.6 is 15.9 Å². The second-order valence-corrected chi connectivity index (χ2v) is 6.40. The fourth-order valence-corrected chi connectivity index (χ4v) is 2.58. The van der Waals surface area contributed by atoms with Crippen LogP contribution < -0.4 is 0 Å². The van der Waals surface area contributed by atoms with E-state index >= 15 is 0 Å². The normalized spacial score (nSPS) is 11.8. The summed E-state index contributed by atoms with van der Waals surface area (Å²) in [5.74, 6) is 0.476. The number of carbonyl (C=O) groups excluding carboxylic acids is 1. The van der Waals surface area contributed by atoms with Crippen LogP contribution in [-0.2, 0) is 6.18 Å². The van der Waals surface area contributed by atoms with Crippen molar-refractivity contribution in [3.63, 3.8) is 0 Å². The summed E-state index contributed by atoms with van der Waals surface area (Å²) < 4.78 is 44.8. The standard InChI is InChI=1S/C20H12BrF3O2/c21-16-6-4-13(5-7-16)18(25)10-8-17-9-11-19(26-17)14-2-1-3-15(12-14)20(22,23)24/h1-12H/b10-8+. The molecule has 0 N–H and O–H groups in total. The van der Waals surface area contributed by atoms with Crippen molar-refractivity contribution in [2.24, 2.45) is 0 Å². The molecule has 0 spiro atoms. The minimum absolute atomic E-state index is 0.200. The minimum atomic E-state index is -4.41. The fraction of sp³-hybridized carbons (Fsp3) is 0.0500. The lowest BCUT2D eigenvalue weighted by atomic mass is 10.1. The predicted octanol–water partition coefficient (Wildman–Crippen LogP) is 6.62. The maximum Gasteiger partial charge on any atom is 0.416 e. The monoisotopic (exact) mass is 420 g/mol. The summed E-state index contributed by atoms with van der Waals surface area (Å²) in [4.78, 5) is 12.1. The molecule has 0 aliphatic carbocycles. The number of alkyl halides is 3. The Balaban J connectivity index is 1.78. The molecule has 0 bridgehead atoms. The smallest absolute Gasteiger partial charge is 0.416 e. The molecular formula is C20H12BrF3O2. The van der Waals surface area contributed by atoms with Gasteiger partial charge in [-0.15, -0.1) is 0 Å². The molecule has 0 fully saturated rings. The fourth-order valence-electron chi connectivity index (χ4n) is 2.31. The first-order valence-corrected chi connectivity index (χ1v) is 8.38. The first kappa shape index (κ1) is 18.2. The van der Waals surface area contributed by atoms with Gasteiger partial charge in [0.2, 0.25) is 0 Å². The molecule has 0 aliphatic heterocycles. The lowest BCUT2D eigenvalue weighted by Crippen LogP contribution is -2.04. The lowest BCUT2D eigenvalue weighted by molar-refractivity contribution is -0.137. The van der Waals surface area contributed by atoms with Crippen molar-refractivity contribution in [1.82, 2.24) is 0 Å². The van der Waals surface area contributed by atoms with E-state index in [1.807, 2.05) is 0 Å². The number of allylic oxidation sites excluding steroid dienone is 1. The molecule has 26 heavy (non-hydrogen) atoms. The van der Waals surface area contributed by atoms with Crippen molar-refractivity contribution < 1.29 is 22.4 Å². The molecule has 0 atom stereocenters. The molecule has 2 nitrogen and oxygen atoms in total. The Morgan fingerprint density at radius 2 is 1.73 bits per heavy atom. The summed E-state index contributed by atoms with van der Waals surface area (Å²) in [5.41, 5.74) is 0.0988. The maximum atomic E-state index is 12.8.